The lowest BCUT2D eigenvalue weighted by Gasteiger charge is -2.33. The van der Waals surface area contributed by atoms with E-state index in [2.05, 4.69) is 9.46 Å². The van der Waals surface area contributed by atoms with Crippen molar-refractivity contribution in [1.82, 2.24) is 4.72 Å². The molecule has 2 N–H and O–H groups in total. The second-order valence-corrected chi connectivity index (χ2v) is 8.77. The largest absolute Gasteiger partial charge is 0.465 e. The normalized spacial score (nSPS) is 13.2. The van der Waals surface area contributed by atoms with Crippen molar-refractivity contribution in [2.45, 2.75) is 31.7 Å². The number of rotatable bonds is 7. The molecule has 0 radical (unpaired) electrons. The van der Waals surface area contributed by atoms with Crippen molar-refractivity contribution in [2.75, 3.05) is 13.7 Å². The number of aliphatic hydroxyl groups is 1. The van der Waals surface area contributed by atoms with Gasteiger partial charge in [0.2, 0.25) is 10.0 Å². The van der Waals surface area contributed by atoms with Crippen LogP contribution in [0.15, 0.2) is 53.4 Å². The summed E-state index contributed by atoms with van der Waals surface area (Å²) in [7, 11) is -2.72. The zero-order chi connectivity index (χ0) is 20.2. The van der Waals surface area contributed by atoms with Gasteiger partial charge in [0.1, 0.15) is 0 Å². The van der Waals surface area contributed by atoms with E-state index in [1.165, 1.54) is 19.2 Å². The minimum absolute atomic E-state index is 0.0000657. The van der Waals surface area contributed by atoms with Gasteiger partial charge in [-0.05, 0) is 30.2 Å². The number of aliphatic hydroxyl groups excluding tert-OH is 1. The second-order valence-electron chi connectivity index (χ2n) is 7.08. The first-order chi connectivity index (χ1) is 12.6. The average molecular weight is 391 g/mol. The number of carbonyl (C=O) groups is 1. The highest BCUT2D eigenvalue weighted by molar-refractivity contribution is 7.89. The highest BCUT2D eigenvalue weighted by Gasteiger charge is 2.34. The molecular formula is C20H25NO5S. The third kappa shape index (κ3) is 4.74. The van der Waals surface area contributed by atoms with E-state index in [1.807, 2.05) is 30.3 Å². The number of nitrogens with one attached hydrogen (secondary N) is 1. The molecule has 146 valence electrons. The molecule has 0 aliphatic rings. The van der Waals surface area contributed by atoms with E-state index in [0.29, 0.717) is 5.56 Å². The molecule has 0 amide bonds. The zero-order valence-electron chi connectivity index (χ0n) is 15.9. The number of ether oxygens (including phenoxy) is 1. The van der Waals surface area contributed by atoms with Crippen LogP contribution in [-0.2, 0) is 14.8 Å². The van der Waals surface area contributed by atoms with Gasteiger partial charge in [0, 0.05) is 5.41 Å². The van der Waals surface area contributed by atoms with Gasteiger partial charge in [0.25, 0.3) is 0 Å². The van der Waals surface area contributed by atoms with Gasteiger partial charge in [0.15, 0.2) is 0 Å². The van der Waals surface area contributed by atoms with Crippen molar-refractivity contribution < 1.29 is 23.1 Å². The first kappa shape index (κ1) is 21.1. The molecule has 1 atom stereocenters. The van der Waals surface area contributed by atoms with Gasteiger partial charge in [-0.25, -0.2) is 17.9 Å². The van der Waals surface area contributed by atoms with Crippen molar-refractivity contribution in [3.05, 3.63) is 65.2 Å². The van der Waals surface area contributed by atoms with Crippen molar-refractivity contribution in [3.8, 4) is 0 Å². The van der Waals surface area contributed by atoms with Gasteiger partial charge in [0.05, 0.1) is 30.2 Å². The van der Waals surface area contributed by atoms with Crippen LogP contribution < -0.4 is 4.72 Å². The number of aryl methyl sites for hydroxylation is 1. The predicted octanol–water partition coefficient (Wildman–Crippen LogP) is 2.82. The van der Waals surface area contributed by atoms with Crippen molar-refractivity contribution in [1.29, 1.82) is 0 Å². The Morgan fingerprint density at radius 3 is 2.37 bits per heavy atom. The van der Waals surface area contributed by atoms with E-state index in [9.17, 15) is 18.3 Å². The Morgan fingerprint density at radius 1 is 1.19 bits per heavy atom. The maximum absolute atomic E-state index is 13.1. The number of methoxy groups -OCH3 is 1. The van der Waals surface area contributed by atoms with Gasteiger partial charge in [-0.15, -0.1) is 0 Å². The molecule has 0 fully saturated rings. The Kier molecular flexibility index (Phi) is 6.41. The van der Waals surface area contributed by atoms with Crippen LogP contribution in [0.25, 0.3) is 0 Å². The molecule has 0 aliphatic heterocycles. The molecule has 0 aromatic heterocycles. The lowest BCUT2D eigenvalue weighted by Crippen LogP contribution is -2.40. The van der Waals surface area contributed by atoms with Gasteiger partial charge in [-0.2, -0.15) is 0 Å². The van der Waals surface area contributed by atoms with Crippen LogP contribution in [0.1, 0.15) is 41.4 Å². The Hall–Kier alpha value is -2.22. The lowest BCUT2D eigenvalue weighted by molar-refractivity contribution is 0.0600. The molecule has 0 aliphatic carbocycles. The first-order valence-electron chi connectivity index (χ1n) is 8.49. The molecule has 6 nitrogen and oxygen atoms in total. The number of carbonyl (C=O) groups excluding carboxylic acids is 1. The quantitative estimate of drug-likeness (QED) is 0.708. The fourth-order valence-electron chi connectivity index (χ4n) is 2.77. The molecule has 0 spiro atoms. The Labute approximate surface area is 160 Å². The van der Waals surface area contributed by atoms with Gasteiger partial charge in [-0.1, -0.05) is 50.2 Å². The van der Waals surface area contributed by atoms with E-state index in [4.69, 9.17) is 0 Å². The highest BCUT2D eigenvalue weighted by atomic mass is 32.2. The molecule has 7 heteroatoms. The second kappa shape index (κ2) is 8.21. The van der Waals surface area contributed by atoms with Crippen LogP contribution in [0, 0.1) is 12.3 Å². The maximum atomic E-state index is 13.1. The van der Waals surface area contributed by atoms with Crippen molar-refractivity contribution in [2.24, 2.45) is 5.41 Å². The number of hydrogen-bond donors (Lipinski definition) is 2. The molecule has 2 rings (SSSR count). The number of sulfonamides is 1. The summed E-state index contributed by atoms with van der Waals surface area (Å²) in [6, 6.07) is 12.8. The Bertz CT molecular complexity index is 907. The molecule has 0 saturated heterocycles. The van der Waals surface area contributed by atoms with Crippen LogP contribution in [-0.4, -0.2) is 33.2 Å². The summed E-state index contributed by atoms with van der Waals surface area (Å²) >= 11 is 0. The monoisotopic (exact) mass is 391 g/mol. The summed E-state index contributed by atoms with van der Waals surface area (Å²) < 4.78 is 33.6. The molecule has 0 bridgehead atoms. The SMILES string of the molecule is COC(=O)c1ccc(C)c(S(=O)(=O)N[C@H](c2ccccc2)C(C)(C)CO)c1. The van der Waals surface area contributed by atoms with E-state index in [0.717, 1.165) is 5.56 Å². The minimum atomic E-state index is -3.96. The van der Waals surface area contributed by atoms with Crippen LogP contribution in [0.5, 0.6) is 0 Å². The molecule has 0 heterocycles. The fourth-order valence-corrected chi connectivity index (χ4v) is 4.44. The fraction of sp³-hybridized carbons (Fsp3) is 0.350. The molecule has 2 aromatic rings. The summed E-state index contributed by atoms with van der Waals surface area (Å²) in [4.78, 5) is 11.8. The summed E-state index contributed by atoms with van der Waals surface area (Å²) in [6.45, 7) is 5.01. The maximum Gasteiger partial charge on any atom is 0.337 e. The summed E-state index contributed by atoms with van der Waals surface area (Å²) in [5.41, 5.74) is 0.647. The molecule has 0 unspecified atom stereocenters. The van der Waals surface area contributed by atoms with E-state index < -0.39 is 27.4 Å². The standard InChI is InChI=1S/C20H25NO5S/c1-14-10-11-16(19(23)26-4)12-17(14)27(24,25)21-18(20(2,3)13-22)15-8-6-5-7-9-15/h5-12,18,21-22H,13H2,1-4H3/t18-/m1/s1. The van der Waals surface area contributed by atoms with Crippen LogP contribution >= 0.6 is 0 Å². The number of esters is 1. The summed E-state index contributed by atoms with van der Waals surface area (Å²) in [5, 5.41) is 9.80. The van der Waals surface area contributed by atoms with E-state index in [1.54, 1.807) is 26.8 Å². The molecule has 2 aromatic carbocycles. The first-order valence-corrected chi connectivity index (χ1v) is 9.98. The zero-order valence-corrected chi connectivity index (χ0v) is 16.7. The Morgan fingerprint density at radius 2 is 1.81 bits per heavy atom. The molecule has 27 heavy (non-hydrogen) atoms. The Balaban J connectivity index is 2.50. The summed E-state index contributed by atoms with van der Waals surface area (Å²) in [6.07, 6.45) is 0. The third-order valence-electron chi connectivity index (χ3n) is 4.49. The predicted molar refractivity (Wildman–Crippen MR) is 103 cm³/mol. The molecule has 0 saturated carbocycles. The number of hydrogen-bond acceptors (Lipinski definition) is 5. The molecular weight excluding hydrogens is 366 g/mol. The van der Waals surface area contributed by atoms with Gasteiger partial charge < -0.3 is 9.84 Å². The van der Waals surface area contributed by atoms with Gasteiger partial charge >= 0.3 is 5.97 Å². The van der Waals surface area contributed by atoms with Crippen LogP contribution in [0.2, 0.25) is 0 Å². The third-order valence-corrected chi connectivity index (χ3v) is 6.06. The topological polar surface area (TPSA) is 92.7 Å². The lowest BCUT2D eigenvalue weighted by atomic mass is 9.82. The minimum Gasteiger partial charge on any atom is -0.465 e. The average Bonchev–Trinajstić information content (AvgIpc) is 2.66. The highest BCUT2D eigenvalue weighted by Crippen LogP contribution is 2.34. The van der Waals surface area contributed by atoms with Crippen LogP contribution in [0.4, 0.5) is 0 Å². The van der Waals surface area contributed by atoms with E-state index in [-0.39, 0.29) is 17.1 Å². The van der Waals surface area contributed by atoms with Crippen molar-refractivity contribution >= 4 is 16.0 Å². The smallest absolute Gasteiger partial charge is 0.337 e. The van der Waals surface area contributed by atoms with E-state index >= 15 is 0 Å². The number of benzene rings is 2. The van der Waals surface area contributed by atoms with Crippen LogP contribution in [0.3, 0.4) is 0 Å². The van der Waals surface area contributed by atoms with Crippen molar-refractivity contribution in [3.63, 3.8) is 0 Å². The van der Waals surface area contributed by atoms with Gasteiger partial charge in [-0.3, -0.25) is 0 Å². The summed E-state index contributed by atoms with van der Waals surface area (Å²) in [5.74, 6) is -0.609.